The van der Waals surface area contributed by atoms with Gasteiger partial charge in [0, 0.05) is 0 Å². The van der Waals surface area contributed by atoms with Gasteiger partial charge in [0.15, 0.2) is 0 Å². The van der Waals surface area contributed by atoms with E-state index in [-0.39, 0.29) is 7.92 Å². The Hall–Kier alpha value is 0.170. The first kappa shape index (κ1) is 14.2. The summed E-state index contributed by atoms with van der Waals surface area (Å²) >= 11 is 0. The van der Waals surface area contributed by atoms with Crippen molar-refractivity contribution in [2.24, 2.45) is 11.3 Å². The third kappa shape index (κ3) is 7.56. The van der Waals surface area contributed by atoms with E-state index in [9.17, 15) is 0 Å². The van der Waals surface area contributed by atoms with Crippen molar-refractivity contribution in [1.29, 1.82) is 0 Å². The molecular formula is C13H27P. The van der Waals surface area contributed by atoms with Crippen molar-refractivity contribution in [2.75, 3.05) is 19.0 Å². The molecule has 0 heterocycles. The van der Waals surface area contributed by atoms with Gasteiger partial charge in [0.1, 0.15) is 0 Å². The molecule has 0 saturated carbocycles. The number of allylic oxidation sites excluding steroid dienone is 1. The topological polar surface area (TPSA) is 0 Å². The van der Waals surface area contributed by atoms with Crippen LogP contribution in [-0.2, 0) is 0 Å². The van der Waals surface area contributed by atoms with E-state index in [1.165, 1.54) is 25.2 Å². The number of hydrogen-bond acceptors (Lipinski definition) is 0. The smallest absolute Gasteiger partial charge is 0.0150 e. The molecule has 14 heavy (non-hydrogen) atoms. The summed E-state index contributed by atoms with van der Waals surface area (Å²) < 4.78 is 0. The average molecular weight is 214 g/mol. The van der Waals surface area contributed by atoms with Gasteiger partial charge in [-0.25, -0.2) is 0 Å². The molecule has 0 aliphatic rings. The molecule has 0 N–H and O–H groups in total. The van der Waals surface area contributed by atoms with Crippen molar-refractivity contribution >= 4 is 7.92 Å². The first-order valence-corrected chi connectivity index (χ1v) is 7.83. The van der Waals surface area contributed by atoms with Gasteiger partial charge in [-0.05, 0) is 36.7 Å². The van der Waals surface area contributed by atoms with Crippen LogP contribution >= 0.6 is 7.92 Å². The third-order valence-electron chi connectivity index (χ3n) is 2.54. The largest absolute Gasteiger partial charge is 0.106 e. The lowest BCUT2D eigenvalue weighted by Gasteiger charge is -2.28. The van der Waals surface area contributed by atoms with Gasteiger partial charge in [-0.2, -0.15) is 0 Å². The maximum atomic E-state index is 3.82. The first-order chi connectivity index (χ1) is 6.37. The molecule has 1 heteroatoms. The summed E-state index contributed by atoms with van der Waals surface area (Å²) in [6, 6.07) is 0. The Morgan fingerprint density at radius 1 is 1.36 bits per heavy atom. The molecule has 0 aliphatic heterocycles. The molecule has 1 unspecified atom stereocenters. The van der Waals surface area contributed by atoms with E-state index in [0.717, 1.165) is 5.92 Å². The molecule has 0 radical (unpaired) electrons. The van der Waals surface area contributed by atoms with Crippen molar-refractivity contribution in [3.63, 3.8) is 0 Å². The summed E-state index contributed by atoms with van der Waals surface area (Å²) in [5.74, 6) is 0.844. The minimum atomic E-state index is 0.182. The summed E-state index contributed by atoms with van der Waals surface area (Å²) in [4.78, 5) is 0. The summed E-state index contributed by atoms with van der Waals surface area (Å²) in [5.41, 5.74) is 0.535. The quantitative estimate of drug-likeness (QED) is 0.424. The molecular weight excluding hydrogens is 187 g/mol. The molecule has 0 nitrogen and oxygen atoms in total. The highest BCUT2D eigenvalue weighted by atomic mass is 31.1. The van der Waals surface area contributed by atoms with E-state index in [1.807, 2.05) is 0 Å². The monoisotopic (exact) mass is 214 g/mol. The van der Waals surface area contributed by atoms with Crippen LogP contribution in [0.3, 0.4) is 0 Å². The molecule has 0 aromatic carbocycles. The third-order valence-corrected chi connectivity index (χ3v) is 4.81. The van der Waals surface area contributed by atoms with E-state index in [0.29, 0.717) is 5.41 Å². The Bertz CT molecular complexity index is 159. The molecule has 0 aromatic rings. The van der Waals surface area contributed by atoms with Gasteiger partial charge in [-0.3, -0.25) is 0 Å². The normalized spacial score (nSPS) is 14.4. The molecule has 0 aliphatic carbocycles. The highest BCUT2D eigenvalue weighted by Crippen LogP contribution is 2.40. The van der Waals surface area contributed by atoms with Crippen LogP contribution < -0.4 is 0 Å². The summed E-state index contributed by atoms with van der Waals surface area (Å²) in [6.45, 7) is 15.7. The lowest BCUT2D eigenvalue weighted by Crippen LogP contribution is -2.17. The molecule has 0 bridgehead atoms. The van der Waals surface area contributed by atoms with Crippen molar-refractivity contribution in [3.05, 3.63) is 12.7 Å². The lowest BCUT2D eigenvalue weighted by atomic mass is 9.87. The zero-order valence-electron chi connectivity index (χ0n) is 10.6. The van der Waals surface area contributed by atoms with E-state index in [1.54, 1.807) is 0 Å². The SMILES string of the molecule is C=CCP(C)CC(C)(C)CCC(C)C. The van der Waals surface area contributed by atoms with Crippen LogP contribution in [0.5, 0.6) is 0 Å². The number of rotatable bonds is 7. The van der Waals surface area contributed by atoms with Crippen LogP contribution in [0.2, 0.25) is 0 Å². The van der Waals surface area contributed by atoms with Gasteiger partial charge in [-0.1, -0.05) is 40.2 Å². The maximum absolute atomic E-state index is 3.82. The second kappa shape index (κ2) is 6.62. The predicted molar refractivity (Wildman–Crippen MR) is 70.6 cm³/mol. The lowest BCUT2D eigenvalue weighted by molar-refractivity contribution is 0.343. The van der Waals surface area contributed by atoms with Crippen LogP contribution in [0.25, 0.3) is 0 Å². The zero-order valence-corrected chi connectivity index (χ0v) is 11.5. The van der Waals surface area contributed by atoms with Crippen molar-refractivity contribution in [1.82, 2.24) is 0 Å². The van der Waals surface area contributed by atoms with Gasteiger partial charge in [0.2, 0.25) is 0 Å². The maximum Gasteiger partial charge on any atom is -0.0150 e. The van der Waals surface area contributed by atoms with E-state index >= 15 is 0 Å². The van der Waals surface area contributed by atoms with Crippen LogP contribution in [0.4, 0.5) is 0 Å². The Kier molecular flexibility index (Phi) is 6.70. The average Bonchev–Trinajstić information content (AvgIpc) is 2.00. The van der Waals surface area contributed by atoms with Crippen molar-refractivity contribution < 1.29 is 0 Å². The van der Waals surface area contributed by atoms with E-state index in [4.69, 9.17) is 0 Å². The van der Waals surface area contributed by atoms with Gasteiger partial charge in [0.25, 0.3) is 0 Å². The van der Waals surface area contributed by atoms with Crippen LogP contribution in [-0.4, -0.2) is 19.0 Å². The Balaban J connectivity index is 3.86. The molecule has 0 rings (SSSR count). The fourth-order valence-electron chi connectivity index (χ4n) is 1.77. The Labute approximate surface area is 91.9 Å². The summed E-state index contributed by atoms with van der Waals surface area (Å²) in [6.07, 6.45) is 7.42. The zero-order chi connectivity index (χ0) is 11.2. The Morgan fingerprint density at radius 2 is 1.93 bits per heavy atom. The van der Waals surface area contributed by atoms with Gasteiger partial charge in [-0.15, -0.1) is 14.5 Å². The summed E-state index contributed by atoms with van der Waals surface area (Å²) in [5, 5.41) is 0. The minimum absolute atomic E-state index is 0.182. The molecule has 0 fully saturated rings. The van der Waals surface area contributed by atoms with Crippen LogP contribution in [0.1, 0.15) is 40.5 Å². The van der Waals surface area contributed by atoms with Crippen molar-refractivity contribution in [3.8, 4) is 0 Å². The highest BCUT2D eigenvalue weighted by Gasteiger charge is 2.20. The van der Waals surface area contributed by atoms with E-state index in [2.05, 4.69) is 47.0 Å². The first-order valence-electron chi connectivity index (χ1n) is 5.67. The van der Waals surface area contributed by atoms with Gasteiger partial charge >= 0.3 is 0 Å². The van der Waals surface area contributed by atoms with Crippen LogP contribution in [0.15, 0.2) is 12.7 Å². The minimum Gasteiger partial charge on any atom is -0.106 e. The molecule has 84 valence electrons. The van der Waals surface area contributed by atoms with Gasteiger partial charge in [0.05, 0.1) is 0 Å². The van der Waals surface area contributed by atoms with Crippen LogP contribution in [0, 0.1) is 11.3 Å². The van der Waals surface area contributed by atoms with Gasteiger partial charge < -0.3 is 0 Å². The second-order valence-electron chi connectivity index (χ2n) is 5.58. The molecule has 0 aromatic heterocycles. The summed E-state index contributed by atoms with van der Waals surface area (Å²) in [7, 11) is 0.182. The fourth-order valence-corrected chi connectivity index (χ4v) is 3.96. The highest BCUT2D eigenvalue weighted by molar-refractivity contribution is 7.57. The second-order valence-corrected chi connectivity index (χ2v) is 7.98. The predicted octanol–water partition coefficient (Wildman–Crippen LogP) is 4.75. The molecule has 0 amide bonds. The Morgan fingerprint density at radius 3 is 2.36 bits per heavy atom. The molecule has 1 atom stereocenters. The van der Waals surface area contributed by atoms with Crippen molar-refractivity contribution in [2.45, 2.75) is 40.5 Å². The van der Waals surface area contributed by atoms with E-state index < -0.39 is 0 Å². The fraction of sp³-hybridized carbons (Fsp3) is 0.846. The number of hydrogen-bond donors (Lipinski definition) is 0. The molecule has 0 spiro atoms. The standard InChI is InChI=1S/C13H27P/c1-7-10-14(6)11-13(4,5)9-8-12(2)3/h7,12H,1,8-11H2,2-6H3. The molecule has 0 saturated heterocycles.